The summed E-state index contributed by atoms with van der Waals surface area (Å²) in [6.45, 7) is 0. The van der Waals surface area contributed by atoms with E-state index < -0.39 is 0 Å². The number of nitrogens with zero attached hydrogens (tertiary/aromatic N) is 4. The molecule has 0 saturated heterocycles. The molecule has 7 heteroatoms. The Morgan fingerprint density at radius 3 is 2.13 bits per heavy atom. The molecule has 0 aliphatic rings. The van der Waals surface area contributed by atoms with Gasteiger partial charge in [-0.25, -0.2) is 9.38 Å². The van der Waals surface area contributed by atoms with Crippen LogP contribution in [0.5, 0.6) is 0 Å². The van der Waals surface area contributed by atoms with Gasteiger partial charge in [-0.2, -0.15) is 0 Å². The van der Waals surface area contributed by atoms with Crippen molar-refractivity contribution in [2.75, 3.05) is 5.73 Å². The van der Waals surface area contributed by atoms with E-state index in [-0.39, 0.29) is 29.7 Å². The van der Waals surface area contributed by atoms with Crippen LogP contribution in [-0.2, 0) is 16.0 Å². The van der Waals surface area contributed by atoms with Crippen LogP contribution in [0, 0.1) is 0 Å². The van der Waals surface area contributed by atoms with E-state index in [9.17, 15) is 9.59 Å². The zero-order valence-corrected chi connectivity index (χ0v) is 16.6. The summed E-state index contributed by atoms with van der Waals surface area (Å²) < 4.78 is 1.47. The molecule has 0 saturated carbocycles. The van der Waals surface area contributed by atoms with Gasteiger partial charge in [0.2, 0.25) is 5.95 Å². The number of nitrogen functional groups attached to an aromatic ring is 1. The molecule has 0 fully saturated rings. The normalized spacial score (nSPS) is 12.3. The van der Waals surface area contributed by atoms with Gasteiger partial charge in [-0.05, 0) is 23.3 Å². The number of benzene rings is 2. The molecular formula is C24H19N5O2. The third-order valence-electron chi connectivity index (χ3n) is 4.56. The molecule has 0 spiro atoms. The molecular weight excluding hydrogens is 390 g/mol. The quantitative estimate of drug-likeness (QED) is 0.470. The molecule has 0 radical (unpaired) electrons. The maximum Gasteiger partial charge on any atom is 0.257 e. The number of carbonyl (C=O) groups is 2. The standard InChI is InChI=1S/C24H19N5O2/c25-23-27-28-24-26-21(15-19(30)13-11-17-7-3-1-4-8-17)22(29(23)24)16-20(31)14-12-18-9-5-2-6-10-18/h1-14,16H,15H2,(H2,25,27)/b13-11?,14-12?,22-16-. The lowest BCUT2D eigenvalue weighted by Gasteiger charge is -1.95. The predicted molar refractivity (Wildman–Crippen MR) is 120 cm³/mol. The van der Waals surface area contributed by atoms with Gasteiger partial charge in [-0.1, -0.05) is 72.8 Å². The number of hydrogen-bond donors (Lipinski definition) is 1. The highest BCUT2D eigenvalue weighted by Crippen LogP contribution is 2.06. The number of rotatable bonds is 7. The molecule has 2 aromatic heterocycles. The number of carbonyl (C=O) groups excluding carboxylic acids is 2. The Morgan fingerprint density at radius 1 is 0.871 bits per heavy atom. The molecule has 152 valence electrons. The molecule has 0 atom stereocenters. The Balaban J connectivity index is 1.62. The van der Waals surface area contributed by atoms with Crippen molar-refractivity contribution in [3.63, 3.8) is 0 Å². The molecule has 2 aromatic carbocycles. The second-order valence-corrected chi connectivity index (χ2v) is 6.82. The molecule has 7 nitrogen and oxygen atoms in total. The SMILES string of the molecule is Nc1nnc2nc(CC(=O)C=Cc3ccccc3)/c(=C/C(=O)C=Cc3ccccc3)n12. The first-order chi connectivity index (χ1) is 15.1. The van der Waals surface area contributed by atoms with E-state index in [1.165, 1.54) is 22.6 Å². The van der Waals surface area contributed by atoms with Crippen molar-refractivity contribution < 1.29 is 9.59 Å². The molecule has 0 aliphatic heterocycles. The average molecular weight is 409 g/mol. The molecule has 0 bridgehead atoms. The first-order valence-corrected chi connectivity index (χ1v) is 9.64. The Bertz CT molecular complexity index is 1340. The number of allylic oxidation sites excluding steroid dienone is 2. The van der Waals surface area contributed by atoms with Crippen molar-refractivity contribution in [1.82, 2.24) is 19.6 Å². The minimum atomic E-state index is -0.264. The van der Waals surface area contributed by atoms with E-state index in [2.05, 4.69) is 15.2 Å². The number of anilines is 1. The summed E-state index contributed by atoms with van der Waals surface area (Å²) in [5, 5.41) is 8.10. The maximum atomic E-state index is 12.5. The Kier molecular flexibility index (Phi) is 5.75. The van der Waals surface area contributed by atoms with Crippen molar-refractivity contribution in [2.24, 2.45) is 0 Å². The molecule has 0 unspecified atom stereocenters. The second-order valence-electron chi connectivity index (χ2n) is 6.82. The fourth-order valence-electron chi connectivity index (χ4n) is 3.08. The van der Waals surface area contributed by atoms with E-state index in [1.807, 2.05) is 60.7 Å². The van der Waals surface area contributed by atoms with Gasteiger partial charge >= 0.3 is 0 Å². The van der Waals surface area contributed by atoms with E-state index in [4.69, 9.17) is 5.73 Å². The Hall–Kier alpha value is -4.39. The highest BCUT2D eigenvalue weighted by molar-refractivity contribution is 6.15. The summed E-state index contributed by atoms with van der Waals surface area (Å²) in [6.07, 6.45) is 7.81. The number of ketones is 2. The molecule has 0 amide bonds. The van der Waals surface area contributed by atoms with Crippen molar-refractivity contribution in [3.8, 4) is 0 Å². The molecule has 0 aliphatic carbocycles. The molecule has 4 rings (SSSR count). The van der Waals surface area contributed by atoms with Crippen LogP contribution in [0.4, 0.5) is 5.95 Å². The summed E-state index contributed by atoms with van der Waals surface area (Å²) in [7, 11) is 0. The molecule has 31 heavy (non-hydrogen) atoms. The van der Waals surface area contributed by atoms with Crippen LogP contribution in [-0.4, -0.2) is 31.1 Å². The highest BCUT2D eigenvalue weighted by Gasteiger charge is 2.14. The van der Waals surface area contributed by atoms with E-state index in [1.54, 1.807) is 12.2 Å². The van der Waals surface area contributed by atoms with Crippen LogP contribution in [0.3, 0.4) is 0 Å². The van der Waals surface area contributed by atoms with E-state index in [0.717, 1.165) is 11.1 Å². The predicted octanol–water partition coefficient (Wildman–Crippen LogP) is 2.31. The van der Waals surface area contributed by atoms with Gasteiger partial charge in [0.15, 0.2) is 11.6 Å². The summed E-state index contributed by atoms with van der Waals surface area (Å²) in [5.41, 5.74) is 8.14. The summed E-state index contributed by atoms with van der Waals surface area (Å²) in [6, 6.07) is 19.0. The Labute approximate surface area is 178 Å². The number of aromatic nitrogens is 4. The zero-order valence-electron chi connectivity index (χ0n) is 16.6. The average Bonchev–Trinajstić information content (AvgIpc) is 3.32. The fourth-order valence-corrected chi connectivity index (χ4v) is 3.08. The topological polar surface area (TPSA) is 103 Å². The van der Waals surface area contributed by atoms with Crippen molar-refractivity contribution in [3.05, 3.63) is 95.0 Å². The van der Waals surface area contributed by atoms with Crippen LogP contribution in [0.15, 0.2) is 72.8 Å². The monoisotopic (exact) mass is 409 g/mol. The van der Waals surface area contributed by atoms with Gasteiger partial charge in [0.05, 0.1) is 17.5 Å². The maximum absolute atomic E-state index is 12.5. The van der Waals surface area contributed by atoms with Crippen LogP contribution >= 0.6 is 0 Å². The lowest BCUT2D eigenvalue weighted by Crippen LogP contribution is -2.19. The fraction of sp³-hybridized carbons (Fsp3) is 0.0417. The number of fused-ring (bicyclic) bond motifs is 1. The number of nitrogens with two attached hydrogens (primary N) is 1. The summed E-state index contributed by atoms with van der Waals surface area (Å²) in [5.74, 6) is -0.0663. The smallest absolute Gasteiger partial charge is 0.257 e. The van der Waals surface area contributed by atoms with Gasteiger partial charge in [-0.15, -0.1) is 10.2 Å². The van der Waals surface area contributed by atoms with Gasteiger partial charge in [0.1, 0.15) is 0 Å². The first-order valence-electron chi connectivity index (χ1n) is 9.64. The molecule has 2 N–H and O–H groups in total. The van der Waals surface area contributed by atoms with Gasteiger partial charge < -0.3 is 5.73 Å². The van der Waals surface area contributed by atoms with Crippen LogP contribution in [0.1, 0.15) is 16.8 Å². The van der Waals surface area contributed by atoms with Gasteiger partial charge in [0, 0.05) is 6.08 Å². The second kappa shape index (κ2) is 8.96. The van der Waals surface area contributed by atoms with E-state index in [0.29, 0.717) is 11.0 Å². The minimum absolute atomic E-state index is 0.00759. The van der Waals surface area contributed by atoms with Crippen molar-refractivity contribution in [1.29, 1.82) is 0 Å². The number of imidazole rings is 1. The van der Waals surface area contributed by atoms with Gasteiger partial charge in [0.25, 0.3) is 5.78 Å². The van der Waals surface area contributed by atoms with Crippen molar-refractivity contribution >= 4 is 41.5 Å². The number of hydrogen-bond acceptors (Lipinski definition) is 6. The van der Waals surface area contributed by atoms with Crippen LogP contribution in [0.2, 0.25) is 0 Å². The lowest BCUT2D eigenvalue weighted by atomic mass is 10.1. The summed E-state index contributed by atoms with van der Waals surface area (Å²) in [4.78, 5) is 29.4. The van der Waals surface area contributed by atoms with Crippen LogP contribution < -0.4 is 11.1 Å². The molecule has 2 heterocycles. The van der Waals surface area contributed by atoms with Gasteiger partial charge in [-0.3, -0.25) is 9.59 Å². The zero-order chi connectivity index (χ0) is 21.6. The third kappa shape index (κ3) is 4.79. The Morgan fingerprint density at radius 2 is 1.48 bits per heavy atom. The molecule has 4 aromatic rings. The first kappa shape index (κ1) is 19.9. The largest absolute Gasteiger partial charge is 0.368 e. The van der Waals surface area contributed by atoms with Crippen LogP contribution in [0.25, 0.3) is 24.0 Å². The minimum Gasteiger partial charge on any atom is -0.368 e. The summed E-state index contributed by atoms with van der Waals surface area (Å²) >= 11 is 0. The van der Waals surface area contributed by atoms with Crippen molar-refractivity contribution in [2.45, 2.75) is 6.42 Å². The van der Waals surface area contributed by atoms with E-state index >= 15 is 0 Å². The lowest BCUT2D eigenvalue weighted by molar-refractivity contribution is -0.114. The highest BCUT2D eigenvalue weighted by atomic mass is 16.1. The third-order valence-corrected chi connectivity index (χ3v) is 4.56.